The Balaban J connectivity index is 2.04. The standard InChI is InChI=1S/C12H14BrFN2O2/c13-10-4-3-8(6-11(10)14)15-12(18)16-5-1-2-9(16)7-17/h3-4,6,9,17H,1-2,5,7H2,(H,15,18)/t9-/m0/s1. The van der Waals surface area contributed by atoms with Gasteiger partial charge in [-0.3, -0.25) is 0 Å². The summed E-state index contributed by atoms with van der Waals surface area (Å²) < 4.78 is 13.7. The van der Waals surface area contributed by atoms with Crippen LogP contribution in [-0.4, -0.2) is 35.2 Å². The summed E-state index contributed by atoms with van der Waals surface area (Å²) in [4.78, 5) is 13.5. The summed E-state index contributed by atoms with van der Waals surface area (Å²) in [5, 5.41) is 11.8. The van der Waals surface area contributed by atoms with Crippen LogP contribution >= 0.6 is 15.9 Å². The molecule has 0 spiro atoms. The number of anilines is 1. The molecule has 1 aromatic carbocycles. The number of likely N-dealkylation sites (tertiary alicyclic amines) is 1. The maximum absolute atomic E-state index is 13.3. The predicted molar refractivity (Wildman–Crippen MR) is 69.9 cm³/mol. The quantitative estimate of drug-likeness (QED) is 0.881. The Morgan fingerprint density at radius 1 is 1.61 bits per heavy atom. The Kier molecular flexibility index (Phi) is 4.19. The number of hydrogen-bond donors (Lipinski definition) is 2. The van der Waals surface area contributed by atoms with Gasteiger partial charge in [0.2, 0.25) is 0 Å². The molecular formula is C12H14BrFN2O2. The molecule has 1 aliphatic heterocycles. The van der Waals surface area contributed by atoms with Crippen molar-refractivity contribution in [3.8, 4) is 0 Å². The minimum atomic E-state index is -0.423. The average molecular weight is 317 g/mol. The van der Waals surface area contributed by atoms with Crippen LogP contribution in [0.4, 0.5) is 14.9 Å². The lowest BCUT2D eigenvalue weighted by Crippen LogP contribution is -2.40. The zero-order chi connectivity index (χ0) is 13.1. The number of aliphatic hydroxyl groups excluding tert-OH is 1. The van der Waals surface area contributed by atoms with Gasteiger partial charge in [0.05, 0.1) is 17.1 Å². The van der Waals surface area contributed by atoms with E-state index in [-0.39, 0.29) is 18.7 Å². The molecule has 2 rings (SSSR count). The minimum absolute atomic E-state index is 0.0396. The molecule has 1 heterocycles. The predicted octanol–water partition coefficient (Wildman–Crippen LogP) is 2.58. The highest BCUT2D eigenvalue weighted by molar-refractivity contribution is 9.10. The SMILES string of the molecule is O=C(Nc1ccc(Br)c(F)c1)N1CCC[C@H]1CO. The number of halogens is 2. The van der Waals surface area contributed by atoms with Gasteiger partial charge >= 0.3 is 6.03 Å². The van der Waals surface area contributed by atoms with Crippen molar-refractivity contribution in [2.45, 2.75) is 18.9 Å². The van der Waals surface area contributed by atoms with Gasteiger partial charge in [0.15, 0.2) is 0 Å². The van der Waals surface area contributed by atoms with Gasteiger partial charge in [-0.25, -0.2) is 9.18 Å². The lowest BCUT2D eigenvalue weighted by Gasteiger charge is -2.23. The molecule has 0 aromatic heterocycles. The molecule has 1 aromatic rings. The van der Waals surface area contributed by atoms with Gasteiger partial charge in [-0.15, -0.1) is 0 Å². The molecule has 6 heteroatoms. The van der Waals surface area contributed by atoms with Crippen LogP contribution in [0.15, 0.2) is 22.7 Å². The van der Waals surface area contributed by atoms with Crippen LogP contribution in [0.25, 0.3) is 0 Å². The van der Waals surface area contributed by atoms with Crippen molar-refractivity contribution in [2.24, 2.45) is 0 Å². The van der Waals surface area contributed by atoms with E-state index in [2.05, 4.69) is 21.2 Å². The molecule has 1 saturated heterocycles. The van der Waals surface area contributed by atoms with Gasteiger partial charge in [0.25, 0.3) is 0 Å². The summed E-state index contributed by atoms with van der Waals surface area (Å²) >= 11 is 3.05. The first-order valence-electron chi connectivity index (χ1n) is 5.75. The summed E-state index contributed by atoms with van der Waals surface area (Å²) in [5.41, 5.74) is 0.407. The molecule has 0 radical (unpaired) electrons. The highest BCUT2D eigenvalue weighted by Gasteiger charge is 2.28. The van der Waals surface area contributed by atoms with Crippen molar-refractivity contribution in [1.82, 2.24) is 4.90 Å². The van der Waals surface area contributed by atoms with Gasteiger partial charge in [0, 0.05) is 12.2 Å². The lowest BCUT2D eigenvalue weighted by atomic mass is 10.2. The van der Waals surface area contributed by atoms with Gasteiger partial charge in [0.1, 0.15) is 5.82 Å². The van der Waals surface area contributed by atoms with Crippen molar-refractivity contribution in [3.63, 3.8) is 0 Å². The second kappa shape index (κ2) is 5.67. The number of benzene rings is 1. The summed E-state index contributed by atoms with van der Waals surface area (Å²) in [5.74, 6) is -0.423. The molecule has 18 heavy (non-hydrogen) atoms. The number of hydrogen-bond acceptors (Lipinski definition) is 2. The Morgan fingerprint density at radius 3 is 3.06 bits per heavy atom. The Hall–Kier alpha value is -1.14. The fraction of sp³-hybridized carbons (Fsp3) is 0.417. The molecule has 4 nitrogen and oxygen atoms in total. The number of aliphatic hydroxyl groups is 1. The van der Waals surface area contributed by atoms with E-state index < -0.39 is 5.82 Å². The van der Waals surface area contributed by atoms with Crippen LogP contribution in [0.1, 0.15) is 12.8 Å². The van der Waals surface area contributed by atoms with Crippen molar-refractivity contribution < 1.29 is 14.3 Å². The van der Waals surface area contributed by atoms with E-state index in [0.29, 0.717) is 16.7 Å². The van der Waals surface area contributed by atoms with Gasteiger partial charge in [-0.1, -0.05) is 0 Å². The monoisotopic (exact) mass is 316 g/mol. The van der Waals surface area contributed by atoms with Crippen molar-refractivity contribution in [1.29, 1.82) is 0 Å². The van der Waals surface area contributed by atoms with Crippen LogP contribution in [0, 0.1) is 5.82 Å². The molecule has 0 aliphatic carbocycles. The van der Waals surface area contributed by atoms with E-state index in [4.69, 9.17) is 5.11 Å². The number of carbonyl (C=O) groups excluding carboxylic acids is 1. The van der Waals surface area contributed by atoms with Crippen molar-refractivity contribution in [2.75, 3.05) is 18.5 Å². The van der Waals surface area contributed by atoms with E-state index >= 15 is 0 Å². The molecule has 2 N–H and O–H groups in total. The topological polar surface area (TPSA) is 52.6 Å². The van der Waals surface area contributed by atoms with E-state index in [0.717, 1.165) is 12.8 Å². The third kappa shape index (κ3) is 2.81. The third-order valence-corrected chi connectivity index (χ3v) is 3.66. The highest BCUT2D eigenvalue weighted by Crippen LogP contribution is 2.21. The van der Waals surface area contributed by atoms with E-state index in [1.807, 2.05) is 0 Å². The Bertz CT molecular complexity index is 456. The van der Waals surface area contributed by atoms with Crippen LogP contribution in [-0.2, 0) is 0 Å². The molecule has 0 saturated carbocycles. The summed E-state index contributed by atoms with van der Waals surface area (Å²) in [6, 6.07) is 3.98. The highest BCUT2D eigenvalue weighted by atomic mass is 79.9. The summed E-state index contributed by atoms with van der Waals surface area (Å²) in [7, 11) is 0. The smallest absolute Gasteiger partial charge is 0.322 e. The van der Waals surface area contributed by atoms with Gasteiger partial charge < -0.3 is 15.3 Å². The number of nitrogens with zero attached hydrogens (tertiary/aromatic N) is 1. The molecule has 98 valence electrons. The molecule has 0 unspecified atom stereocenters. The summed E-state index contributed by atoms with van der Waals surface area (Å²) in [6.07, 6.45) is 1.69. The first-order chi connectivity index (χ1) is 8.61. The summed E-state index contributed by atoms with van der Waals surface area (Å²) in [6.45, 7) is 0.582. The normalized spacial score (nSPS) is 19.1. The maximum atomic E-state index is 13.3. The van der Waals surface area contributed by atoms with Crippen molar-refractivity contribution in [3.05, 3.63) is 28.5 Å². The first-order valence-corrected chi connectivity index (χ1v) is 6.54. The van der Waals surface area contributed by atoms with Crippen LogP contribution in [0.5, 0.6) is 0 Å². The van der Waals surface area contributed by atoms with Crippen molar-refractivity contribution >= 4 is 27.6 Å². The number of rotatable bonds is 2. The third-order valence-electron chi connectivity index (χ3n) is 3.02. The maximum Gasteiger partial charge on any atom is 0.322 e. The molecule has 1 fully saturated rings. The second-order valence-electron chi connectivity index (χ2n) is 4.23. The molecule has 2 amide bonds. The average Bonchev–Trinajstić information content (AvgIpc) is 2.82. The molecule has 1 aliphatic rings. The zero-order valence-electron chi connectivity index (χ0n) is 9.70. The van der Waals surface area contributed by atoms with Gasteiger partial charge in [-0.05, 0) is 47.0 Å². The number of urea groups is 1. The molecule has 0 bridgehead atoms. The minimum Gasteiger partial charge on any atom is -0.394 e. The lowest BCUT2D eigenvalue weighted by molar-refractivity contribution is 0.166. The Labute approximate surface area is 113 Å². The van der Waals surface area contributed by atoms with Crippen LogP contribution < -0.4 is 5.32 Å². The number of carbonyl (C=O) groups is 1. The second-order valence-corrected chi connectivity index (χ2v) is 5.09. The largest absolute Gasteiger partial charge is 0.394 e. The first kappa shape index (κ1) is 13.3. The van der Waals surface area contributed by atoms with Crippen LogP contribution in [0.3, 0.4) is 0 Å². The zero-order valence-corrected chi connectivity index (χ0v) is 11.3. The van der Waals surface area contributed by atoms with E-state index in [1.54, 1.807) is 17.0 Å². The fourth-order valence-electron chi connectivity index (χ4n) is 2.06. The Morgan fingerprint density at radius 2 is 2.39 bits per heavy atom. The number of nitrogens with one attached hydrogen (secondary N) is 1. The van der Waals surface area contributed by atoms with E-state index in [9.17, 15) is 9.18 Å². The van der Waals surface area contributed by atoms with Gasteiger partial charge in [-0.2, -0.15) is 0 Å². The fourth-order valence-corrected chi connectivity index (χ4v) is 2.31. The number of amides is 2. The van der Waals surface area contributed by atoms with E-state index in [1.165, 1.54) is 6.07 Å². The van der Waals surface area contributed by atoms with Crippen LogP contribution in [0.2, 0.25) is 0 Å². The molecular weight excluding hydrogens is 303 g/mol. The molecule has 1 atom stereocenters.